The van der Waals surface area contributed by atoms with Crippen molar-refractivity contribution in [3.63, 3.8) is 0 Å². The summed E-state index contributed by atoms with van der Waals surface area (Å²) in [5.41, 5.74) is 14.1. The zero-order chi connectivity index (χ0) is 37.2. The van der Waals surface area contributed by atoms with Gasteiger partial charge in [-0.15, -0.1) is 0 Å². The summed E-state index contributed by atoms with van der Waals surface area (Å²) in [6.45, 7) is 0. The van der Waals surface area contributed by atoms with E-state index in [4.69, 9.17) is 4.42 Å². The van der Waals surface area contributed by atoms with Crippen molar-refractivity contribution >= 4 is 49.8 Å². The van der Waals surface area contributed by atoms with E-state index in [-0.39, 0.29) is 11.7 Å². The lowest BCUT2D eigenvalue weighted by atomic mass is 9.87. The van der Waals surface area contributed by atoms with E-state index >= 15 is 4.39 Å². The molecule has 1 aliphatic carbocycles. The highest BCUT2D eigenvalue weighted by Crippen LogP contribution is 2.52. The van der Waals surface area contributed by atoms with Crippen molar-refractivity contribution in [1.29, 1.82) is 0 Å². The van der Waals surface area contributed by atoms with Crippen LogP contribution in [0.25, 0.3) is 66.1 Å². The Labute approximate surface area is 324 Å². The maximum atomic E-state index is 16.1. The fraction of sp³-hybridized carbons (Fsp3) is 0.0189. The van der Waals surface area contributed by atoms with Crippen molar-refractivity contribution in [2.75, 3.05) is 4.90 Å². The highest BCUT2D eigenvalue weighted by atomic mass is 19.1. The molecule has 0 radical (unpaired) electrons. The molecule has 10 aromatic rings. The Kier molecular flexibility index (Phi) is 7.46. The van der Waals surface area contributed by atoms with Crippen LogP contribution in [0.5, 0.6) is 0 Å². The van der Waals surface area contributed by atoms with Crippen LogP contribution in [-0.4, -0.2) is 0 Å². The van der Waals surface area contributed by atoms with E-state index in [0.717, 1.165) is 83.5 Å². The number of nitrogens with zero attached hydrogens (tertiary/aromatic N) is 1. The summed E-state index contributed by atoms with van der Waals surface area (Å²) in [6, 6.07) is 69.4. The van der Waals surface area contributed by atoms with E-state index in [1.54, 1.807) is 6.07 Å². The molecule has 11 rings (SSSR count). The third kappa shape index (κ3) is 5.09. The zero-order valence-corrected chi connectivity index (χ0v) is 30.4. The highest BCUT2D eigenvalue weighted by molar-refractivity contribution is 6.09. The van der Waals surface area contributed by atoms with Crippen molar-refractivity contribution in [3.8, 4) is 33.4 Å². The second kappa shape index (κ2) is 13.0. The van der Waals surface area contributed by atoms with Crippen LogP contribution in [0.15, 0.2) is 205 Å². The molecule has 264 valence electrons. The number of hydrogen-bond donors (Lipinski definition) is 0. The fourth-order valence-electron chi connectivity index (χ4n) is 8.93. The van der Waals surface area contributed by atoms with Gasteiger partial charge in [-0.25, -0.2) is 4.39 Å². The van der Waals surface area contributed by atoms with Gasteiger partial charge in [-0.05, 0) is 92.2 Å². The lowest BCUT2D eigenvalue weighted by Gasteiger charge is -2.30. The van der Waals surface area contributed by atoms with E-state index in [2.05, 4.69) is 169 Å². The molecule has 0 aliphatic heterocycles. The van der Waals surface area contributed by atoms with Gasteiger partial charge in [0.1, 0.15) is 17.0 Å². The highest BCUT2D eigenvalue weighted by Gasteiger charge is 2.34. The Morgan fingerprint density at radius 3 is 1.79 bits per heavy atom. The van der Waals surface area contributed by atoms with Crippen molar-refractivity contribution in [1.82, 2.24) is 0 Å². The summed E-state index contributed by atoms with van der Waals surface area (Å²) in [4.78, 5) is 2.31. The molecule has 0 fully saturated rings. The fourth-order valence-corrected chi connectivity index (χ4v) is 8.93. The molecule has 0 N–H and O–H groups in total. The number of fused-ring (bicyclic) bond motifs is 7. The maximum Gasteiger partial charge on any atom is 0.143 e. The van der Waals surface area contributed by atoms with Crippen molar-refractivity contribution in [3.05, 3.63) is 223 Å². The van der Waals surface area contributed by atoms with Crippen LogP contribution in [-0.2, 0) is 0 Å². The second-order valence-corrected chi connectivity index (χ2v) is 14.5. The van der Waals surface area contributed by atoms with E-state index in [1.165, 1.54) is 16.3 Å². The topological polar surface area (TPSA) is 16.4 Å². The Morgan fingerprint density at radius 1 is 0.411 bits per heavy atom. The van der Waals surface area contributed by atoms with Crippen LogP contribution < -0.4 is 4.90 Å². The first-order valence-corrected chi connectivity index (χ1v) is 19.1. The van der Waals surface area contributed by atoms with Crippen LogP contribution in [0.4, 0.5) is 21.5 Å². The minimum absolute atomic E-state index is 0.186. The summed E-state index contributed by atoms with van der Waals surface area (Å²) in [5, 5.41) is 4.66. The van der Waals surface area contributed by atoms with Crippen LogP contribution in [0.3, 0.4) is 0 Å². The molecule has 0 saturated heterocycles. The molecule has 1 heterocycles. The average Bonchev–Trinajstić information content (AvgIpc) is 3.81. The molecular weight excluding hydrogens is 686 g/mol. The van der Waals surface area contributed by atoms with Crippen LogP contribution in [0, 0.1) is 5.82 Å². The monoisotopic (exact) mass is 719 g/mol. The lowest BCUT2D eigenvalue weighted by molar-refractivity contribution is 0.610. The van der Waals surface area contributed by atoms with Gasteiger partial charge in [0, 0.05) is 39.2 Å². The summed E-state index contributed by atoms with van der Waals surface area (Å²) < 4.78 is 22.5. The van der Waals surface area contributed by atoms with Crippen molar-refractivity contribution in [2.45, 2.75) is 5.92 Å². The molecule has 0 amide bonds. The molecule has 0 spiro atoms. The lowest BCUT2D eigenvalue weighted by Crippen LogP contribution is -2.14. The molecule has 1 aliphatic rings. The number of hydrogen-bond acceptors (Lipinski definition) is 2. The number of halogens is 1. The molecule has 1 aromatic heterocycles. The smallest absolute Gasteiger partial charge is 0.143 e. The quantitative estimate of drug-likeness (QED) is 0.170. The number of rotatable bonds is 6. The third-order valence-corrected chi connectivity index (χ3v) is 11.5. The van der Waals surface area contributed by atoms with E-state index in [0.29, 0.717) is 0 Å². The number of furan rings is 1. The Morgan fingerprint density at radius 2 is 0.964 bits per heavy atom. The van der Waals surface area contributed by atoms with Crippen LogP contribution in [0.2, 0.25) is 0 Å². The van der Waals surface area contributed by atoms with E-state index in [9.17, 15) is 0 Å². The molecule has 56 heavy (non-hydrogen) atoms. The van der Waals surface area contributed by atoms with Gasteiger partial charge in [-0.1, -0.05) is 158 Å². The normalized spacial score (nSPS) is 13.3. The molecular formula is C53H34FNO. The van der Waals surface area contributed by atoms with Crippen LogP contribution in [0.1, 0.15) is 22.6 Å². The summed E-state index contributed by atoms with van der Waals surface area (Å²) >= 11 is 0. The van der Waals surface area contributed by atoms with Crippen molar-refractivity contribution < 1.29 is 8.81 Å². The average molecular weight is 720 g/mol. The van der Waals surface area contributed by atoms with Gasteiger partial charge in [-0.3, -0.25) is 0 Å². The first-order valence-electron chi connectivity index (χ1n) is 19.1. The predicted molar refractivity (Wildman–Crippen MR) is 230 cm³/mol. The summed E-state index contributed by atoms with van der Waals surface area (Å²) in [7, 11) is 0. The SMILES string of the molecule is Fc1cccc2c1C(c1ccccc1N(c1ccc(-c3cccc4ccccc34)cc1)c1ccc(-c3cccc4c3oc3ccccc34)cc1)c1ccccc1-2. The van der Waals surface area contributed by atoms with Gasteiger partial charge in [0.2, 0.25) is 0 Å². The first kappa shape index (κ1) is 32.2. The Bertz CT molecular complexity index is 3100. The van der Waals surface area contributed by atoms with Crippen LogP contribution >= 0.6 is 0 Å². The summed E-state index contributed by atoms with van der Waals surface area (Å²) in [6.07, 6.45) is 0. The molecule has 1 atom stereocenters. The molecule has 2 nitrogen and oxygen atoms in total. The van der Waals surface area contributed by atoms with Gasteiger partial charge in [0.25, 0.3) is 0 Å². The molecule has 9 aromatic carbocycles. The Balaban J connectivity index is 1.08. The molecule has 0 bridgehead atoms. The van der Waals surface area contributed by atoms with Gasteiger partial charge in [0.05, 0.1) is 5.69 Å². The molecule has 0 saturated carbocycles. The molecule has 3 heteroatoms. The number of benzene rings is 9. The standard InChI is InChI=1S/C53H34FNO/c54-48-23-11-21-45-42-15-3-4-17-44(42)51(52(45)48)47-18-5-7-24-49(47)55(37-30-26-35(27-31-37)40-19-9-13-34-12-1-2-14-39(34)40)38-32-28-36(29-33-38)41-20-10-22-46-43-16-6-8-25-50(43)56-53(41)46/h1-33,51H. The first-order chi connectivity index (χ1) is 27.7. The van der Waals surface area contributed by atoms with E-state index < -0.39 is 0 Å². The Hall–Kier alpha value is -7.23. The van der Waals surface area contributed by atoms with Gasteiger partial charge < -0.3 is 9.32 Å². The van der Waals surface area contributed by atoms with E-state index in [1.807, 2.05) is 30.3 Å². The largest absolute Gasteiger partial charge is 0.455 e. The van der Waals surface area contributed by atoms with Crippen molar-refractivity contribution in [2.24, 2.45) is 0 Å². The summed E-state index contributed by atoms with van der Waals surface area (Å²) in [5.74, 6) is -0.463. The minimum atomic E-state index is -0.277. The number of para-hydroxylation sites is 3. The zero-order valence-electron chi connectivity index (χ0n) is 30.4. The second-order valence-electron chi connectivity index (χ2n) is 14.5. The minimum Gasteiger partial charge on any atom is -0.455 e. The third-order valence-electron chi connectivity index (χ3n) is 11.5. The maximum absolute atomic E-state index is 16.1. The number of anilines is 3. The van der Waals surface area contributed by atoms with Gasteiger partial charge in [-0.2, -0.15) is 0 Å². The molecule has 1 unspecified atom stereocenters. The predicted octanol–water partition coefficient (Wildman–Crippen LogP) is 14.8. The van der Waals surface area contributed by atoms with Gasteiger partial charge >= 0.3 is 0 Å². The van der Waals surface area contributed by atoms with Gasteiger partial charge in [0.15, 0.2) is 0 Å².